The van der Waals surface area contributed by atoms with Crippen LogP contribution in [0.3, 0.4) is 0 Å². The molecular formula is C13H17ClO4. The number of ether oxygens (including phenoxy) is 1. The first kappa shape index (κ1) is 13.8. The van der Waals surface area contributed by atoms with Crippen molar-refractivity contribution < 1.29 is 20.1 Å². The molecule has 0 aliphatic carbocycles. The molecule has 100 valence electrons. The lowest BCUT2D eigenvalue weighted by Gasteiger charge is -2.21. The molecule has 1 heterocycles. The molecule has 0 aromatic heterocycles. The van der Waals surface area contributed by atoms with Crippen LogP contribution in [0.5, 0.6) is 0 Å². The van der Waals surface area contributed by atoms with Gasteiger partial charge in [0.2, 0.25) is 0 Å². The van der Waals surface area contributed by atoms with Gasteiger partial charge in [-0.15, -0.1) is 0 Å². The molecule has 0 saturated carbocycles. The molecule has 0 radical (unpaired) electrons. The van der Waals surface area contributed by atoms with Crippen LogP contribution in [0.2, 0.25) is 5.02 Å². The van der Waals surface area contributed by atoms with Gasteiger partial charge in [-0.3, -0.25) is 0 Å². The second-order valence-electron chi connectivity index (χ2n) is 4.74. The fourth-order valence-electron chi connectivity index (χ4n) is 2.18. The highest BCUT2D eigenvalue weighted by Crippen LogP contribution is 2.32. The van der Waals surface area contributed by atoms with Gasteiger partial charge in [0, 0.05) is 5.02 Å². The number of aliphatic hydroxyl groups excluding tert-OH is 3. The predicted octanol–water partition coefficient (Wildman–Crippen LogP) is 1.19. The van der Waals surface area contributed by atoms with Crippen LogP contribution in [0.25, 0.3) is 0 Å². The minimum absolute atomic E-state index is 0.493. The summed E-state index contributed by atoms with van der Waals surface area (Å²) in [5.41, 5.74) is 1.46. The Labute approximate surface area is 111 Å². The molecule has 1 aromatic carbocycles. The van der Waals surface area contributed by atoms with E-state index in [1.807, 2.05) is 6.92 Å². The summed E-state index contributed by atoms with van der Waals surface area (Å²) in [6.07, 6.45) is -4.37. The molecule has 0 amide bonds. The van der Waals surface area contributed by atoms with Crippen molar-refractivity contribution in [1.82, 2.24) is 0 Å². The van der Waals surface area contributed by atoms with Gasteiger partial charge in [-0.1, -0.05) is 23.7 Å². The Bertz CT molecular complexity index is 437. The minimum atomic E-state index is -1.09. The van der Waals surface area contributed by atoms with Gasteiger partial charge < -0.3 is 20.1 Å². The van der Waals surface area contributed by atoms with E-state index >= 15 is 0 Å². The maximum atomic E-state index is 10.2. The molecule has 1 aliphatic heterocycles. The Morgan fingerprint density at radius 3 is 2.44 bits per heavy atom. The van der Waals surface area contributed by atoms with E-state index in [2.05, 4.69) is 0 Å². The molecule has 1 fully saturated rings. The van der Waals surface area contributed by atoms with Gasteiger partial charge in [-0.05, 0) is 31.0 Å². The number of rotatable bonds is 2. The van der Waals surface area contributed by atoms with Gasteiger partial charge in [-0.2, -0.15) is 0 Å². The molecular weight excluding hydrogens is 256 g/mol. The number of aliphatic hydroxyl groups is 3. The Morgan fingerprint density at radius 2 is 1.94 bits per heavy atom. The molecule has 0 bridgehead atoms. The molecule has 5 unspecified atom stereocenters. The van der Waals surface area contributed by atoms with E-state index in [1.165, 1.54) is 0 Å². The Kier molecular flexibility index (Phi) is 3.94. The summed E-state index contributed by atoms with van der Waals surface area (Å²) in [6.45, 7) is 3.50. The number of aryl methyl sites for hydroxylation is 1. The van der Waals surface area contributed by atoms with Crippen LogP contribution in [0.15, 0.2) is 18.2 Å². The molecule has 2 rings (SSSR count). The van der Waals surface area contributed by atoms with Crippen molar-refractivity contribution >= 4 is 11.6 Å². The Balaban J connectivity index is 2.21. The molecule has 1 saturated heterocycles. The summed E-state index contributed by atoms with van der Waals surface area (Å²) in [5.74, 6) is 0. The third-order valence-electron chi connectivity index (χ3n) is 3.37. The lowest BCUT2D eigenvalue weighted by atomic mass is 9.97. The van der Waals surface area contributed by atoms with Gasteiger partial charge in [0.05, 0.1) is 6.10 Å². The van der Waals surface area contributed by atoms with Crippen LogP contribution in [0, 0.1) is 6.92 Å². The second-order valence-corrected chi connectivity index (χ2v) is 5.15. The van der Waals surface area contributed by atoms with E-state index in [0.717, 1.165) is 5.56 Å². The standard InChI is InChI=1S/C13H17ClO4/c1-6-5-8(3-4-9(6)14)11(16)13-12(17)10(15)7(2)18-13/h3-5,7,10-13,15-17H,1-2H3. The van der Waals surface area contributed by atoms with Crippen LogP contribution < -0.4 is 0 Å². The van der Waals surface area contributed by atoms with E-state index in [9.17, 15) is 15.3 Å². The summed E-state index contributed by atoms with van der Waals surface area (Å²) in [4.78, 5) is 0. The van der Waals surface area contributed by atoms with Gasteiger partial charge in [0.15, 0.2) is 0 Å². The van der Waals surface area contributed by atoms with E-state index in [1.54, 1.807) is 25.1 Å². The van der Waals surface area contributed by atoms with E-state index in [4.69, 9.17) is 16.3 Å². The summed E-state index contributed by atoms with van der Waals surface area (Å²) in [5, 5.41) is 30.3. The molecule has 5 heteroatoms. The first-order chi connectivity index (χ1) is 8.41. The third kappa shape index (κ3) is 2.39. The molecule has 0 spiro atoms. The first-order valence-electron chi connectivity index (χ1n) is 5.87. The van der Waals surface area contributed by atoms with E-state index in [0.29, 0.717) is 10.6 Å². The van der Waals surface area contributed by atoms with Crippen LogP contribution in [-0.4, -0.2) is 39.7 Å². The molecule has 18 heavy (non-hydrogen) atoms. The average Bonchev–Trinajstić information content (AvgIpc) is 2.60. The van der Waals surface area contributed by atoms with Crippen LogP contribution in [0.4, 0.5) is 0 Å². The minimum Gasteiger partial charge on any atom is -0.388 e. The number of hydrogen-bond acceptors (Lipinski definition) is 4. The fourth-order valence-corrected chi connectivity index (χ4v) is 2.30. The zero-order valence-electron chi connectivity index (χ0n) is 10.2. The van der Waals surface area contributed by atoms with Gasteiger partial charge in [0.1, 0.15) is 24.4 Å². The Hall–Kier alpha value is -0.650. The topological polar surface area (TPSA) is 69.9 Å². The largest absolute Gasteiger partial charge is 0.388 e. The smallest absolute Gasteiger partial charge is 0.116 e. The summed E-state index contributed by atoms with van der Waals surface area (Å²) in [6, 6.07) is 5.13. The molecule has 5 atom stereocenters. The van der Waals surface area contributed by atoms with Gasteiger partial charge >= 0.3 is 0 Å². The highest BCUT2D eigenvalue weighted by atomic mass is 35.5. The van der Waals surface area contributed by atoms with E-state index < -0.39 is 30.5 Å². The molecule has 1 aromatic rings. The lowest BCUT2D eigenvalue weighted by Crippen LogP contribution is -2.34. The summed E-state index contributed by atoms with van der Waals surface area (Å²) < 4.78 is 5.39. The third-order valence-corrected chi connectivity index (χ3v) is 3.80. The van der Waals surface area contributed by atoms with Crippen molar-refractivity contribution in [1.29, 1.82) is 0 Å². The van der Waals surface area contributed by atoms with Crippen molar-refractivity contribution in [2.75, 3.05) is 0 Å². The van der Waals surface area contributed by atoms with Crippen LogP contribution in [0.1, 0.15) is 24.2 Å². The maximum Gasteiger partial charge on any atom is 0.116 e. The number of benzene rings is 1. The highest BCUT2D eigenvalue weighted by molar-refractivity contribution is 6.31. The fraction of sp³-hybridized carbons (Fsp3) is 0.538. The first-order valence-corrected chi connectivity index (χ1v) is 6.25. The zero-order valence-corrected chi connectivity index (χ0v) is 11.0. The van der Waals surface area contributed by atoms with Crippen molar-refractivity contribution in [3.63, 3.8) is 0 Å². The monoisotopic (exact) mass is 272 g/mol. The molecule has 1 aliphatic rings. The maximum absolute atomic E-state index is 10.2. The lowest BCUT2D eigenvalue weighted by molar-refractivity contribution is -0.0635. The van der Waals surface area contributed by atoms with Crippen LogP contribution in [-0.2, 0) is 4.74 Å². The molecule has 3 N–H and O–H groups in total. The SMILES string of the molecule is Cc1cc(C(O)C2OC(C)C(O)C2O)ccc1Cl. The van der Waals surface area contributed by atoms with Crippen LogP contribution >= 0.6 is 11.6 Å². The number of hydrogen-bond donors (Lipinski definition) is 3. The zero-order chi connectivity index (χ0) is 13.4. The van der Waals surface area contributed by atoms with Gasteiger partial charge in [-0.25, -0.2) is 0 Å². The summed E-state index contributed by atoms with van der Waals surface area (Å²) in [7, 11) is 0. The summed E-state index contributed by atoms with van der Waals surface area (Å²) >= 11 is 5.92. The van der Waals surface area contributed by atoms with Crippen molar-refractivity contribution in [3.8, 4) is 0 Å². The van der Waals surface area contributed by atoms with Gasteiger partial charge in [0.25, 0.3) is 0 Å². The van der Waals surface area contributed by atoms with Crippen molar-refractivity contribution in [2.24, 2.45) is 0 Å². The Morgan fingerprint density at radius 1 is 1.28 bits per heavy atom. The average molecular weight is 273 g/mol. The highest BCUT2D eigenvalue weighted by Gasteiger charge is 2.44. The number of halogens is 1. The molecule has 4 nitrogen and oxygen atoms in total. The predicted molar refractivity (Wildman–Crippen MR) is 67.5 cm³/mol. The quantitative estimate of drug-likeness (QED) is 0.756. The van der Waals surface area contributed by atoms with E-state index in [-0.39, 0.29) is 0 Å². The second kappa shape index (κ2) is 5.15. The normalized spacial score (nSPS) is 33.7. The van der Waals surface area contributed by atoms with Crippen molar-refractivity contribution in [2.45, 2.75) is 44.4 Å². The van der Waals surface area contributed by atoms with Crippen molar-refractivity contribution in [3.05, 3.63) is 34.3 Å².